The molecule has 4 rings (SSSR count). The normalized spacial score (nSPS) is 11.7. The molecule has 1 amide bonds. The molecule has 0 aliphatic rings. The van der Waals surface area contributed by atoms with Gasteiger partial charge in [-0.1, -0.05) is 35.5 Å². The first-order valence-corrected chi connectivity index (χ1v) is 10.0. The van der Waals surface area contributed by atoms with Gasteiger partial charge in [0.2, 0.25) is 0 Å². The monoisotopic (exact) mass is 400 g/mol. The van der Waals surface area contributed by atoms with E-state index in [4.69, 9.17) is 6.42 Å². The first-order valence-electron chi connectivity index (χ1n) is 9.22. The van der Waals surface area contributed by atoms with Crippen molar-refractivity contribution >= 4 is 27.5 Å². The summed E-state index contributed by atoms with van der Waals surface area (Å²) >= 11 is 1.47. The maximum Gasteiger partial charge on any atom is 0.283 e. The Labute approximate surface area is 173 Å². The first kappa shape index (κ1) is 18.9. The second-order valence-corrected chi connectivity index (χ2v) is 7.90. The van der Waals surface area contributed by atoms with Crippen LogP contribution < -0.4 is 4.80 Å². The van der Waals surface area contributed by atoms with Gasteiger partial charge in [0.1, 0.15) is 0 Å². The minimum absolute atomic E-state index is 0.324. The second-order valence-electron chi connectivity index (χ2n) is 6.89. The van der Waals surface area contributed by atoms with Crippen molar-refractivity contribution in [1.29, 1.82) is 0 Å². The van der Waals surface area contributed by atoms with E-state index in [0.29, 0.717) is 16.9 Å². The Bertz CT molecular complexity index is 1330. The lowest BCUT2D eigenvalue weighted by Gasteiger charge is -2.04. The van der Waals surface area contributed by atoms with Crippen LogP contribution in [0.15, 0.2) is 53.7 Å². The molecule has 2 aromatic heterocycles. The van der Waals surface area contributed by atoms with E-state index in [9.17, 15) is 4.79 Å². The summed E-state index contributed by atoms with van der Waals surface area (Å²) in [6.07, 6.45) is 7.15. The number of nitrogens with zero attached hydrogens (tertiary/aromatic N) is 4. The van der Waals surface area contributed by atoms with Crippen molar-refractivity contribution in [2.75, 3.05) is 0 Å². The van der Waals surface area contributed by atoms with Gasteiger partial charge in [-0.25, -0.2) is 4.68 Å². The Balaban J connectivity index is 1.82. The van der Waals surface area contributed by atoms with Crippen LogP contribution in [-0.2, 0) is 6.54 Å². The molecule has 0 saturated carbocycles. The van der Waals surface area contributed by atoms with Crippen molar-refractivity contribution in [2.24, 2.45) is 4.99 Å². The largest absolute Gasteiger partial charge is 0.305 e. The van der Waals surface area contributed by atoms with Crippen LogP contribution in [0.1, 0.15) is 27.2 Å². The van der Waals surface area contributed by atoms with E-state index in [2.05, 4.69) is 42.0 Å². The number of fused-ring (bicyclic) bond motifs is 1. The molecule has 0 saturated heterocycles. The van der Waals surface area contributed by atoms with Crippen molar-refractivity contribution in [3.8, 4) is 18.0 Å². The fourth-order valence-electron chi connectivity index (χ4n) is 3.25. The molecule has 4 aromatic rings. The summed E-state index contributed by atoms with van der Waals surface area (Å²) in [5.41, 5.74) is 5.51. The fraction of sp³-hybridized carbons (Fsp3) is 0.174. The lowest BCUT2D eigenvalue weighted by Crippen LogP contribution is -2.16. The summed E-state index contributed by atoms with van der Waals surface area (Å²) in [4.78, 5) is 18.0. The van der Waals surface area contributed by atoms with Gasteiger partial charge < -0.3 is 4.57 Å². The zero-order chi connectivity index (χ0) is 20.5. The fourth-order valence-corrected chi connectivity index (χ4v) is 4.35. The smallest absolute Gasteiger partial charge is 0.283 e. The van der Waals surface area contributed by atoms with Gasteiger partial charge in [0.15, 0.2) is 4.80 Å². The lowest BCUT2D eigenvalue weighted by atomic mass is 10.1. The Morgan fingerprint density at radius 1 is 1.17 bits per heavy atom. The quantitative estimate of drug-likeness (QED) is 0.484. The number of amides is 1. The Kier molecular flexibility index (Phi) is 4.91. The molecule has 0 aliphatic carbocycles. The standard InChI is InChI=1S/C23H20N4OS/c1-5-11-26-20-12-15(2)16(3)13-21(20)29-23(26)25-22(28)19-14-24-27(17(19)4)18-9-7-6-8-10-18/h1,6-10,12-14H,11H2,2-4H3. The number of rotatable bonds is 3. The van der Waals surface area contributed by atoms with E-state index in [1.807, 2.05) is 41.8 Å². The maximum absolute atomic E-state index is 13.0. The van der Waals surface area contributed by atoms with Crippen molar-refractivity contribution < 1.29 is 4.79 Å². The average molecular weight is 401 g/mol. The first-order chi connectivity index (χ1) is 14.0. The average Bonchev–Trinajstić information content (AvgIpc) is 3.24. The molecule has 144 valence electrons. The van der Waals surface area contributed by atoms with Crippen LogP contribution >= 0.6 is 11.3 Å². The lowest BCUT2D eigenvalue weighted by molar-refractivity contribution is 0.0997. The van der Waals surface area contributed by atoms with E-state index in [1.54, 1.807) is 10.9 Å². The van der Waals surface area contributed by atoms with Crippen molar-refractivity contribution in [1.82, 2.24) is 14.3 Å². The zero-order valence-electron chi connectivity index (χ0n) is 16.5. The molecule has 6 heteroatoms. The number of para-hydroxylation sites is 1. The number of terminal acetylenes is 1. The second kappa shape index (κ2) is 7.53. The molecule has 0 atom stereocenters. The predicted octanol–water partition coefficient (Wildman–Crippen LogP) is 4.19. The van der Waals surface area contributed by atoms with Gasteiger partial charge in [0, 0.05) is 0 Å². The molecule has 0 aliphatic heterocycles. The molecule has 0 bridgehead atoms. The molecule has 0 spiro atoms. The number of aryl methyl sites for hydroxylation is 2. The number of hydrogen-bond donors (Lipinski definition) is 0. The van der Waals surface area contributed by atoms with Crippen LogP contribution in [0, 0.1) is 33.1 Å². The zero-order valence-corrected chi connectivity index (χ0v) is 17.3. The van der Waals surface area contributed by atoms with Crippen LogP contribution in [0.5, 0.6) is 0 Å². The number of carbonyl (C=O) groups is 1. The number of aromatic nitrogens is 3. The number of hydrogen-bond acceptors (Lipinski definition) is 3. The summed E-state index contributed by atoms with van der Waals surface area (Å²) < 4.78 is 4.73. The number of thiazole rings is 1. The molecule has 2 aromatic carbocycles. The molecule has 0 radical (unpaired) electrons. The highest BCUT2D eigenvalue weighted by atomic mass is 32.1. The van der Waals surface area contributed by atoms with Gasteiger partial charge in [-0.15, -0.1) is 6.42 Å². The Morgan fingerprint density at radius 2 is 1.90 bits per heavy atom. The number of benzene rings is 2. The number of carbonyl (C=O) groups excluding carboxylic acids is 1. The van der Waals surface area contributed by atoms with Crippen LogP contribution in [0.4, 0.5) is 0 Å². The third kappa shape index (κ3) is 3.41. The van der Waals surface area contributed by atoms with Gasteiger partial charge in [-0.2, -0.15) is 10.1 Å². The van der Waals surface area contributed by atoms with E-state index in [1.165, 1.54) is 22.5 Å². The van der Waals surface area contributed by atoms with Crippen molar-refractivity contribution in [3.63, 3.8) is 0 Å². The topological polar surface area (TPSA) is 52.2 Å². The SMILES string of the molecule is C#CCn1c(=NC(=O)c2cnn(-c3ccccc3)c2C)sc2cc(C)c(C)cc21. The van der Waals surface area contributed by atoms with Crippen LogP contribution in [0.3, 0.4) is 0 Å². The molecule has 29 heavy (non-hydrogen) atoms. The Hall–Kier alpha value is -3.43. The Morgan fingerprint density at radius 3 is 2.62 bits per heavy atom. The van der Waals surface area contributed by atoms with E-state index < -0.39 is 0 Å². The molecular formula is C23H20N4OS. The van der Waals surface area contributed by atoms with E-state index >= 15 is 0 Å². The summed E-state index contributed by atoms with van der Waals surface area (Å²) in [6.45, 7) is 6.37. The summed E-state index contributed by atoms with van der Waals surface area (Å²) in [7, 11) is 0. The molecule has 0 fully saturated rings. The maximum atomic E-state index is 13.0. The van der Waals surface area contributed by atoms with E-state index in [-0.39, 0.29) is 5.91 Å². The highest BCUT2D eigenvalue weighted by Gasteiger charge is 2.16. The predicted molar refractivity (Wildman–Crippen MR) is 116 cm³/mol. The highest BCUT2D eigenvalue weighted by molar-refractivity contribution is 7.16. The third-order valence-electron chi connectivity index (χ3n) is 4.99. The molecule has 0 N–H and O–H groups in total. The summed E-state index contributed by atoms with van der Waals surface area (Å²) in [6, 6.07) is 13.9. The minimum Gasteiger partial charge on any atom is -0.305 e. The van der Waals surface area contributed by atoms with Gasteiger partial charge in [-0.05, 0) is 56.2 Å². The van der Waals surface area contributed by atoms with Gasteiger partial charge >= 0.3 is 0 Å². The van der Waals surface area contributed by atoms with Gasteiger partial charge in [0.25, 0.3) is 5.91 Å². The molecule has 2 heterocycles. The van der Waals surface area contributed by atoms with Gasteiger partial charge in [0.05, 0.1) is 39.9 Å². The summed E-state index contributed by atoms with van der Waals surface area (Å²) in [5, 5.41) is 4.37. The molecular weight excluding hydrogens is 380 g/mol. The van der Waals surface area contributed by atoms with Crippen LogP contribution in [0.25, 0.3) is 15.9 Å². The van der Waals surface area contributed by atoms with Crippen LogP contribution in [0.2, 0.25) is 0 Å². The highest BCUT2D eigenvalue weighted by Crippen LogP contribution is 2.22. The van der Waals surface area contributed by atoms with Crippen molar-refractivity contribution in [2.45, 2.75) is 27.3 Å². The molecule has 5 nitrogen and oxygen atoms in total. The third-order valence-corrected chi connectivity index (χ3v) is 6.03. The van der Waals surface area contributed by atoms with E-state index in [0.717, 1.165) is 21.6 Å². The van der Waals surface area contributed by atoms with Gasteiger partial charge in [-0.3, -0.25) is 4.79 Å². The van der Waals surface area contributed by atoms with Crippen LogP contribution in [-0.4, -0.2) is 20.3 Å². The minimum atomic E-state index is -0.324. The molecule has 0 unspecified atom stereocenters. The summed E-state index contributed by atoms with van der Waals surface area (Å²) in [5.74, 6) is 2.34. The van der Waals surface area contributed by atoms with Crippen molar-refractivity contribution in [3.05, 3.63) is 75.8 Å².